The Morgan fingerprint density at radius 1 is 0.816 bits per heavy atom. The molecule has 3 aromatic carbocycles. The number of hydrogen-bond donors (Lipinski definition) is 3. The van der Waals surface area contributed by atoms with Crippen molar-refractivity contribution in [3.05, 3.63) is 82.4 Å². The van der Waals surface area contributed by atoms with Crippen molar-refractivity contribution in [1.29, 1.82) is 0 Å². The maximum absolute atomic E-state index is 14.1. The Kier molecular flexibility index (Phi) is 11.8. The monoisotopic (exact) mass is 667 g/mol. The van der Waals surface area contributed by atoms with Crippen LogP contribution in [0.2, 0.25) is 0 Å². The average molecular weight is 668 g/mol. The summed E-state index contributed by atoms with van der Waals surface area (Å²) in [6.07, 6.45) is 8.01. The maximum Gasteiger partial charge on any atom is 0.329 e. The minimum atomic E-state index is -0.783. The molecule has 8 nitrogen and oxygen atoms in total. The molecule has 49 heavy (non-hydrogen) atoms. The molecule has 1 aliphatic carbocycles. The standard InChI is InChI=1S/C41H53N3O5/c1-26-22-27(2)36(28(3)23-26)44-40(47)42-35-25-33(31-14-12-29(13-15-31)24-30-18-20-48-21-19-30)16-17-34(35)38(45)43-37(32-10-8-7-9-11-32)39(46)49-41(4,5)6/h12-17,22-23,25,30,32,37H,7-11,18-21,24H2,1-6H3,(H,43,45)(H2,42,44,47)/t37-/m0/s1. The van der Waals surface area contributed by atoms with Gasteiger partial charge in [-0.1, -0.05) is 67.3 Å². The van der Waals surface area contributed by atoms with Crippen LogP contribution in [0, 0.1) is 32.6 Å². The van der Waals surface area contributed by atoms with Crippen molar-refractivity contribution in [1.82, 2.24) is 5.32 Å². The zero-order chi connectivity index (χ0) is 35.1. The SMILES string of the molecule is Cc1cc(C)c(NC(=O)Nc2cc(-c3ccc(CC4CCOCC4)cc3)ccc2C(=O)N[C@H](C(=O)OC(C)(C)C)C2CCCCC2)c(C)c1. The van der Waals surface area contributed by atoms with Gasteiger partial charge in [-0.2, -0.15) is 0 Å². The molecule has 1 aliphatic heterocycles. The van der Waals surface area contributed by atoms with Crippen LogP contribution in [0.1, 0.15) is 98.3 Å². The molecule has 1 heterocycles. The summed E-state index contributed by atoms with van der Waals surface area (Å²) in [5.41, 5.74) is 6.81. The fourth-order valence-electron chi connectivity index (χ4n) is 7.21. The second-order valence-corrected chi connectivity index (χ2v) is 15.0. The lowest BCUT2D eigenvalue weighted by molar-refractivity contribution is -0.159. The molecule has 0 aromatic heterocycles. The van der Waals surface area contributed by atoms with E-state index >= 15 is 0 Å². The first-order valence-corrected chi connectivity index (χ1v) is 17.9. The summed E-state index contributed by atoms with van der Waals surface area (Å²) >= 11 is 0. The van der Waals surface area contributed by atoms with Gasteiger partial charge < -0.3 is 25.4 Å². The normalized spacial score (nSPS) is 16.4. The lowest BCUT2D eigenvalue weighted by atomic mass is 9.83. The van der Waals surface area contributed by atoms with E-state index in [4.69, 9.17) is 9.47 Å². The van der Waals surface area contributed by atoms with Crippen molar-refractivity contribution in [2.45, 2.75) is 105 Å². The Morgan fingerprint density at radius 2 is 1.45 bits per heavy atom. The topological polar surface area (TPSA) is 106 Å². The lowest BCUT2D eigenvalue weighted by Gasteiger charge is -2.32. The second-order valence-electron chi connectivity index (χ2n) is 15.0. The van der Waals surface area contributed by atoms with Crippen LogP contribution in [0.5, 0.6) is 0 Å². The minimum absolute atomic E-state index is 0.0151. The third-order valence-corrected chi connectivity index (χ3v) is 9.65. The Bertz CT molecular complexity index is 1610. The summed E-state index contributed by atoms with van der Waals surface area (Å²) in [7, 11) is 0. The van der Waals surface area contributed by atoms with Crippen LogP contribution >= 0.6 is 0 Å². The van der Waals surface area contributed by atoms with Gasteiger partial charge in [0.05, 0.1) is 11.3 Å². The van der Waals surface area contributed by atoms with Gasteiger partial charge in [-0.05, 0) is 125 Å². The fraction of sp³-hybridized carbons (Fsp3) is 0.488. The van der Waals surface area contributed by atoms with E-state index in [9.17, 15) is 14.4 Å². The molecule has 8 heteroatoms. The maximum atomic E-state index is 14.1. The number of carbonyl (C=O) groups is 3. The van der Waals surface area contributed by atoms with E-state index in [1.165, 1.54) is 5.56 Å². The zero-order valence-corrected chi connectivity index (χ0v) is 30.0. The third kappa shape index (κ3) is 9.94. The number of carbonyl (C=O) groups excluding carboxylic acids is 3. The molecule has 3 N–H and O–H groups in total. The first-order chi connectivity index (χ1) is 23.4. The average Bonchev–Trinajstić information content (AvgIpc) is 3.05. The van der Waals surface area contributed by atoms with E-state index in [1.54, 1.807) is 6.07 Å². The number of aryl methyl sites for hydroxylation is 3. The molecule has 0 bridgehead atoms. The molecule has 3 aromatic rings. The smallest absolute Gasteiger partial charge is 0.329 e. The Labute approximate surface area is 291 Å². The number of esters is 1. The van der Waals surface area contributed by atoms with Gasteiger partial charge in [-0.3, -0.25) is 4.79 Å². The first-order valence-electron chi connectivity index (χ1n) is 17.9. The zero-order valence-electron chi connectivity index (χ0n) is 30.0. The number of nitrogens with one attached hydrogen (secondary N) is 3. The lowest BCUT2D eigenvalue weighted by Crippen LogP contribution is -2.49. The largest absolute Gasteiger partial charge is 0.458 e. The van der Waals surface area contributed by atoms with Crippen LogP contribution in [0.25, 0.3) is 11.1 Å². The van der Waals surface area contributed by atoms with E-state index < -0.39 is 29.6 Å². The Balaban J connectivity index is 1.43. The number of benzene rings is 3. The van der Waals surface area contributed by atoms with Crippen molar-refractivity contribution in [3.63, 3.8) is 0 Å². The molecule has 0 radical (unpaired) electrons. The fourth-order valence-corrected chi connectivity index (χ4v) is 7.21. The van der Waals surface area contributed by atoms with Gasteiger partial charge >= 0.3 is 12.0 Å². The highest BCUT2D eigenvalue weighted by atomic mass is 16.6. The summed E-state index contributed by atoms with van der Waals surface area (Å²) in [6, 6.07) is 16.8. The minimum Gasteiger partial charge on any atom is -0.458 e. The molecule has 0 unspecified atom stereocenters. The predicted octanol–water partition coefficient (Wildman–Crippen LogP) is 8.91. The van der Waals surface area contributed by atoms with Gasteiger partial charge in [0.15, 0.2) is 0 Å². The summed E-state index contributed by atoms with van der Waals surface area (Å²) in [6.45, 7) is 13.1. The molecule has 2 aliphatic rings. The van der Waals surface area contributed by atoms with Crippen molar-refractivity contribution in [2.24, 2.45) is 11.8 Å². The molecule has 0 spiro atoms. The van der Waals surface area contributed by atoms with Crippen molar-refractivity contribution in [2.75, 3.05) is 23.8 Å². The molecule has 1 saturated heterocycles. The van der Waals surface area contributed by atoms with Gasteiger partial charge in [-0.25, -0.2) is 9.59 Å². The van der Waals surface area contributed by atoms with E-state index in [0.717, 1.165) is 98.1 Å². The molecular formula is C41H53N3O5. The van der Waals surface area contributed by atoms with Crippen LogP contribution in [0.3, 0.4) is 0 Å². The highest BCUT2D eigenvalue weighted by molar-refractivity contribution is 6.08. The van der Waals surface area contributed by atoms with Gasteiger partial charge in [0.2, 0.25) is 0 Å². The Morgan fingerprint density at radius 3 is 2.08 bits per heavy atom. The van der Waals surface area contributed by atoms with Crippen LogP contribution in [0.4, 0.5) is 16.2 Å². The molecule has 262 valence electrons. The third-order valence-electron chi connectivity index (χ3n) is 9.65. The molecule has 3 amide bonds. The number of anilines is 2. The summed E-state index contributed by atoms with van der Waals surface area (Å²) < 4.78 is 11.3. The highest BCUT2D eigenvalue weighted by Gasteiger charge is 2.35. The molecule has 1 saturated carbocycles. The number of amides is 3. The van der Waals surface area contributed by atoms with Gasteiger partial charge in [0.1, 0.15) is 11.6 Å². The van der Waals surface area contributed by atoms with Crippen LogP contribution in [0.15, 0.2) is 54.6 Å². The van der Waals surface area contributed by atoms with Gasteiger partial charge in [0.25, 0.3) is 5.91 Å². The van der Waals surface area contributed by atoms with Crippen molar-refractivity contribution >= 4 is 29.3 Å². The summed E-state index contributed by atoms with van der Waals surface area (Å²) in [5.74, 6) is -0.245. The summed E-state index contributed by atoms with van der Waals surface area (Å²) in [5, 5.41) is 8.99. The van der Waals surface area contributed by atoms with Crippen LogP contribution in [-0.4, -0.2) is 42.8 Å². The molecule has 1 atom stereocenters. The molecule has 2 fully saturated rings. The van der Waals surface area contributed by atoms with E-state index in [1.807, 2.05) is 65.8 Å². The van der Waals surface area contributed by atoms with E-state index in [2.05, 4.69) is 40.2 Å². The van der Waals surface area contributed by atoms with Crippen molar-refractivity contribution < 1.29 is 23.9 Å². The highest BCUT2D eigenvalue weighted by Crippen LogP contribution is 2.31. The predicted molar refractivity (Wildman–Crippen MR) is 196 cm³/mol. The number of rotatable bonds is 9. The second kappa shape index (κ2) is 16.0. The molecular weight excluding hydrogens is 614 g/mol. The number of hydrogen-bond acceptors (Lipinski definition) is 5. The van der Waals surface area contributed by atoms with E-state index in [-0.39, 0.29) is 11.5 Å². The van der Waals surface area contributed by atoms with E-state index in [0.29, 0.717) is 11.6 Å². The van der Waals surface area contributed by atoms with Gasteiger partial charge in [-0.15, -0.1) is 0 Å². The van der Waals surface area contributed by atoms with Crippen LogP contribution in [-0.2, 0) is 20.7 Å². The van der Waals surface area contributed by atoms with Gasteiger partial charge in [0, 0.05) is 18.9 Å². The first kappa shape index (κ1) is 36.1. The number of ether oxygens (including phenoxy) is 2. The number of urea groups is 1. The van der Waals surface area contributed by atoms with Crippen LogP contribution < -0.4 is 16.0 Å². The quantitative estimate of drug-likeness (QED) is 0.198. The Hall–Kier alpha value is -4.17. The van der Waals surface area contributed by atoms with Crippen molar-refractivity contribution in [3.8, 4) is 11.1 Å². The molecule has 5 rings (SSSR count). The summed E-state index contributed by atoms with van der Waals surface area (Å²) in [4.78, 5) is 41.0.